The Kier molecular flexibility index (Phi) is 7.77. The number of aromatic nitrogens is 1. The van der Waals surface area contributed by atoms with Crippen molar-refractivity contribution in [2.75, 3.05) is 44.9 Å². The predicted octanol–water partition coefficient (Wildman–Crippen LogP) is 5.04. The normalized spacial score (nSPS) is 11.2. The predicted molar refractivity (Wildman–Crippen MR) is 124 cm³/mol. The number of carbonyl (C=O) groups is 1. The summed E-state index contributed by atoms with van der Waals surface area (Å²) in [5.41, 5.74) is 0.696. The van der Waals surface area contributed by atoms with Crippen LogP contribution in [0.4, 0.5) is 5.13 Å². The lowest BCUT2D eigenvalue weighted by atomic mass is 10.3. The van der Waals surface area contributed by atoms with Gasteiger partial charge in [0.1, 0.15) is 11.3 Å². The average Bonchev–Trinajstić information content (AvgIpc) is 3.15. The lowest BCUT2D eigenvalue weighted by Crippen LogP contribution is -2.36. The molecule has 1 heterocycles. The summed E-state index contributed by atoms with van der Waals surface area (Å²) in [6.45, 7) is 1.32. The molecule has 0 spiro atoms. The quantitative estimate of drug-likeness (QED) is 0.428. The van der Waals surface area contributed by atoms with Crippen molar-refractivity contribution in [2.24, 2.45) is 0 Å². The van der Waals surface area contributed by atoms with E-state index in [1.807, 2.05) is 32.3 Å². The van der Waals surface area contributed by atoms with Gasteiger partial charge in [-0.15, -0.1) is 11.8 Å². The van der Waals surface area contributed by atoms with E-state index in [1.165, 1.54) is 11.3 Å². The Labute approximate surface area is 184 Å². The minimum atomic E-state index is 0.0597. The van der Waals surface area contributed by atoms with Crippen LogP contribution in [0.5, 0.6) is 5.75 Å². The summed E-state index contributed by atoms with van der Waals surface area (Å²) in [5.74, 6) is 1.44. The smallest absolute Gasteiger partial charge is 0.229 e. The van der Waals surface area contributed by atoms with Gasteiger partial charge >= 0.3 is 0 Å². The number of hydrogen-bond donors (Lipinski definition) is 0. The van der Waals surface area contributed by atoms with Crippen LogP contribution in [-0.2, 0) is 4.79 Å². The number of thioether (sulfide) groups is 1. The fourth-order valence-electron chi connectivity index (χ4n) is 2.76. The topological polar surface area (TPSA) is 45.7 Å². The molecule has 1 aromatic heterocycles. The van der Waals surface area contributed by atoms with Crippen molar-refractivity contribution in [3.63, 3.8) is 0 Å². The monoisotopic (exact) mass is 449 g/mol. The van der Waals surface area contributed by atoms with Crippen LogP contribution in [0.1, 0.15) is 6.42 Å². The van der Waals surface area contributed by atoms with Crippen LogP contribution < -0.4 is 9.64 Å². The van der Waals surface area contributed by atoms with Gasteiger partial charge in [-0.1, -0.05) is 41.1 Å². The second-order valence-electron chi connectivity index (χ2n) is 6.68. The van der Waals surface area contributed by atoms with Crippen LogP contribution >= 0.6 is 34.7 Å². The molecule has 0 saturated heterocycles. The summed E-state index contributed by atoms with van der Waals surface area (Å²) in [4.78, 5) is 22.7. The summed E-state index contributed by atoms with van der Waals surface area (Å²) in [6, 6.07) is 13.7. The standard InChI is InChI=1S/C21H24ClN3O2S2/c1-24(2)12-13-25(18(26)11-14-28-15-7-5-4-6-8-15)21-23-19-17(27-3)10-9-16(22)20(19)29-21/h4-10H,11-14H2,1-3H3. The van der Waals surface area contributed by atoms with Gasteiger partial charge in [0.2, 0.25) is 5.91 Å². The molecule has 2 aromatic carbocycles. The first-order chi connectivity index (χ1) is 14.0. The summed E-state index contributed by atoms with van der Waals surface area (Å²) in [5, 5.41) is 1.27. The number of ether oxygens (including phenoxy) is 1. The highest BCUT2D eigenvalue weighted by Gasteiger charge is 2.22. The number of carbonyl (C=O) groups excluding carboxylic acids is 1. The second kappa shape index (κ2) is 10.3. The Morgan fingerprint density at radius 3 is 2.62 bits per heavy atom. The summed E-state index contributed by atoms with van der Waals surface area (Å²) < 4.78 is 6.25. The molecule has 29 heavy (non-hydrogen) atoms. The van der Waals surface area contributed by atoms with Crippen molar-refractivity contribution in [1.29, 1.82) is 0 Å². The van der Waals surface area contributed by atoms with Crippen molar-refractivity contribution in [3.8, 4) is 5.75 Å². The first-order valence-electron chi connectivity index (χ1n) is 9.25. The minimum absolute atomic E-state index is 0.0597. The van der Waals surface area contributed by atoms with E-state index in [0.29, 0.717) is 34.4 Å². The van der Waals surface area contributed by atoms with Crippen LogP contribution in [0.25, 0.3) is 10.2 Å². The molecule has 0 N–H and O–H groups in total. The second-order valence-corrected chi connectivity index (χ2v) is 9.24. The number of amides is 1. The first kappa shape index (κ1) is 21.9. The fourth-order valence-corrected chi connectivity index (χ4v) is 4.92. The highest BCUT2D eigenvalue weighted by atomic mass is 35.5. The van der Waals surface area contributed by atoms with Gasteiger partial charge in [0.25, 0.3) is 0 Å². The summed E-state index contributed by atoms with van der Waals surface area (Å²) in [6.07, 6.45) is 0.438. The van der Waals surface area contributed by atoms with Crippen molar-refractivity contribution in [1.82, 2.24) is 9.88 Å². The molecule has 3 aromatic rings. The summed E-state index contributed by atoms with van der Waals surface area (Å²) >= 11 is 9.47. The maximum absolute atomic E-state index is 13.1. The zero-order valence-corrected chi connectivity index (χ0v) is 19.1. The Balaban J connectivity index is 1.80. The lowest BCUT2D eigenvalue weighted by Gasteiger charge is -2.22. The van der Waals surface area contributed by atoms with Gasteiger partial charge in [-0.05, 0) is 38.4 Å². The maximum atomic E-state index is 13.1. The molecule has 0 fully saturated rings. The third kappa shape index (κ3) is 5.63. The molecule has 0 atom stereocenters. The third-order valence-electron chi connectivity index (χ3n) is 4.30. The van der Waals surface area contributed by atoms with Crippen LogP contribution in [0.3, 0.4) is 0 Å². The van der Waals surface area contributed by atoms with Gasteiger partial charge in [-0.2, -0.15) is 0 Å². The Hall–Kier alpha value is -1.80. The average molecular weight is 450 g/mol. The van der Waals surface area contributed by atoms with E-state index in [4.69, 9.17) is 21.3 Å². The van der Waals surface area contributed by atoms with Gasteiger partial charge in [-0.25, -0.2) is 4.98 Å². The Morgan fingerprint density at radius 1 is 1.17 bits per heavy atom. The van der Waals surface area contributed by atoms with Crippen molar-refractivity contribution in [3.05, 3.63) is 47.5 Å². The van der Waals surface area contributed by atoms with E-state index in [9.17, 15) is 4.79 Å². The van der Waals surface area contributed by atoms with E-state index < -0.39 is 0 Å². The molecule has 0 saturated carbocycles. The number of hydrogen-bond acceptors (Lipinski definition) is 6. The molecule has 8 heteroatoms. The molecule has 0 bridgehead atoms. The number of methoxy groups -OCH3 is 1. The third-order valence-corrected chi connectivity index (χ3v) is 6.85. The number of benzene rings is 2. The zero-order valence-electron chi connectivity index (χ0n) is 16.7. The highest BCUT2D eigenvalue weighted by molar-refractivity contribution is 7.99. The number of nitrogens with zero attached hydrogens (tertiary/aromatic N) is 3. The maximum Gasteiger partial charge on any atom is 0.229 e. The summed E-state index contributed by atoms with van der Waals surface area (Å²) in [7, 11) is 5.59. The van der Waals surface area contributed by atoms with Crippen molar-refractivity contribution >= 4 is 56.0 Å². The Bertz CT molecular complexity index is 963. The number of likely N-dealkylation sites (N-methyl/N-ethyl adjacent to an activating group) is 1. The minimum Gasteiger partial charge on any atom is -0.494 e. The first-order valence-corrected chi connectivity index (χ1v) is 11.4. The van der Waals surface area contributed by atoms with Gasteiger partial charge in [0.15, 0.2) is 5.13 Å². The van der Waals surface area contributed by atoms with Gasteiger partial charge in [-0.3, -0.25) is 9.69 Å². The molecular formula is C21H24ClN3O2S2. The number of rotatable bonds is 9. The molecule has 5 nitrogen and oxygen atoms in total. The highest BCUT2D eigenvalue weighted by Crippen LogP contribution is 2.38. The van der Waals surface area contributed by atoms with E-state index in [0.717, 1.165) is 21.9 Å². The van der Waals surface area contributed by atoms with Crippen molar-refractivity contribution in [2.45, 2.75) is 11.3 Å². The lowest BCUT2D eigenvalue weighted by molar-refractivity contribution is -0.118. The number of thiazole rings is 1. The zero-order chi connectivity index (χ0) is 20.8. The Morgan fingerprint density at radius 2 is 1.93 bits per heavy atom. The molecule has 0 aliphatic heterocycles. The molecule has 1 amide bonds. The van der Waals surface area contributed by atoms with Gasteiger partial charge in [0.05, 0.1) is 16.8 Å². The van der Waals surface area contributed by atoms with E-state index in [2.05, 4.69) is 17.0 Å². The van der Waals surface area contributed by atoms with Crippen LogP contribution in [0.2, 0.25) is 5.02 Å². The molecule has 3 rings (SSSR count). The largest absolute Gasteiger partial charge is 0.494 e. The van der Waals surface area contributed by atoms with Crippen LogP contribution in [0, 0.1) is 0 Å². The molecule has 0 aliphatic carbocycles. The SMILES string of the molecule is COc1ccc(Cl)c2sc(N(CCN(C)C)C(=O)CCSc3ccccc3)nc12. The number of halogens is 1. The van der Waals surface area contributed by atoms with Crippen LogP contribution in [0.15, 0.2) is 47.4 Å². The molecular weight excluding hydrogens is 426 g/mol. The fraction of sp³-hybridized carbons (Fsp3) is 0.333. The van der Waals surface area contributed by atoms with E-state index in [1.54, 1.807) is 35.9 Å². The van der Waals surface area contributed by atoms with Gasteiger partial charge in [0, 0.05) is 30.2 Å². The van der Waals surface area contributed by atoms with Crippen LogP contribution in [-0.4, -0.2) is 55.8 Å². The molecule has 0 radical (unpaired) electrons. The number of anilines is 1. The van der Waals surface area contributed by atoms with Gasteiger partial charge < -0.3 is 9.64 Å². The van der Waals surface area contributed by atoms with Crippen molar-refractivity contribution < 1.29 is 9.53 Å². The van der Waals surface area contributed by atoms with E-state index >= 15 is 0 Å². The molecule has 0 aliphatic rings. The molecule has 0 unspecified atom stereocenters. The molecule has 154 valence electrons. The van der Waals surface area contributed by atoms with E-state index in [-0.39, 0.29) is 5.91 Å². The number of fused-ring (bicyclic) bond motifs is 1.